The number of piperidine rings is 1. The Balaban J connectivity index is 0.00000338. The number of alkyl halides is 3. The first-order valence-corrected chi connectivity index (χ1v) is 8.71. The smallest absolute Gasteiger partial charge is 0.341 e. The van der Waals surface area contributed by atoms with Crippen molar-refractivity contribution in [3.05, 3.63) is 35.9 Å². The lowest BCUT2D eigenvalue weighted by Crippen LogP contribution is -2.48. The SMILES string of the molecule is Cl.NCCN(CCc1ccccc1)CC(=O)N1CCCC(C(F)(F)F)C1. The van der Waals surface area contributed by atoms with Crippen LogP contribution in [0.25, 0.3) is 0 Å². The fourth-order valence-electron chi connectivity index (χ4n) is 3.15. The van der Waals surface area contributed by atoms with E-state index in [9.17, 15) is 18.0 Å². The zero-order valence-electron chi connectivity index (χ0n) is 14.8. The van der Waals surface area contributed by atoms with E-state index >= 15 is 0 Å². The van der Waals surface area contributed by atoms with Crippen LogP contribution in [-0.4, -0.2) is 61.2 Å². The minimum absolute atomic E-state index is 0. The average molecular weight is 394 g/mol. The number of nitrogens with zero attached hydrogens (tertiary/aromatic N) is 2. The summed E-state index contributed by atoms with van der Waals surface area (Å²) in [6, 6.07) is 9.89. The second-order valence-electron chi connectivity index (χ2n) is 6.52. The van der Waals surface area contributed by atoms with Crippen molar-refractivity contribution in [3.63, 3.8) is 0 Å². The minimum atomic E-state index is -4.23. The Labute approximate surface area is 158 Å². The van der Waals surface area contributed by atoms with E-state index in [0.29, 0.717) is 32.6 Å². The van der Waals surface area contributed by atoms with Crippen LogP contribution in [0.15, 0.2) is 30.3 Å². The standard InChI is InChI=1S/C18H26F3N3O.ClH/c19-18(20,21)16-7-4-10-24(13-16)17(25)14-23(12-9-22)11-8-15-5-2-1-3-6-15;/h1-3,5-6,16H,4,7-14,22H2;1H. The highest BCUT2D eigenvalue weighted by molar-refractivity contribution is 5.85. The van der Waals surface area contributed by atoms with E-state index in [1.165, 1.54) is 4.90 Å². The second kappa shape index (κ2) is 10.7. The van der Waals surface area contributed by atoms with Crippen molar-refractivity contribution < 1.29 is 18.0 Å². The van der Waals surface area contributed by atoms with Gasteiger partial charge in [0.25, 0.3) is 0 Å². The van der Waals surface area contributed by atoms with Crippen molar-refractivity contribution in [3.8, 4) is 0 Å². The van der Waals surface area contributed by atoms with Gasteiger partial charge in [-0.15, -0.1) is 12.4 Å². The van der Waals surface area contributed by atoms with Gasteiger partial charge in [-0.05, 0) is 24.8 Å². The van der Waals surface area contributed by atoms with Crippen LogP contribution in [0.4, 0.5) is 13.2 Å². The van der Waals surface area contributed by atoms with Crippen LogP contribution in [0.1, 0.15) is 18.4 Å². The van der Waals surface area contributed by atoms with E-state index in [1.54, 1.807) is 0 Å². The monoisotopic (exact) mass is 393 g/mol. The highest BCUT2D eigenvalue weighted by atomic mass is 35.5. The van der Waals surface area contributed by atoms with E-state index < -0.39 is 12.1 Å². The zero-order valence-corrected chi connectivity index (χ0v) is 15.6. The molecule has 1 fully saturated rings. The lowest BCUT2D eigenvalue weighted by molar-refractivity contribution is -0.188. The summed E-state index contributed by atoms with van der Waals surface area (Å²) >= 11 is 0. The maximum absolute atomic E-state index is 12.9. The van der Waals surface area contributed by atoms with Gasteiger partial charge in [0.15, 0.2) is 0 Å². The molecule has 0 aromatic heterocycles. The zero-order chi connectivity index (χ0) is 18.3. The lowest BCUT2D eigenvalue weighted by atomic mass is 9.97. The van der Waals surface area contributed by atoms with Crippen molar-refractivity contribution >= 4 is 18.3 Å². The molecular weight excluding hydrogens is 367 g/mol. The maximum Gasteiger partial charge on any atom is 0.393 e. The predicted molar refractivity (Wildman–Crippen MR) is 98.2 cm³/mol. The Kier molecular flexibility index (Phi) is 9.39. The summed E-state index contributed by atoms with van der Waals surface area (Å²) in [5.74, 6) is -1.65. The van der Waals surface area contributed by atoms with Gasteiger partial charge in [0.1, 0.15) is 0 Å². The van der Waals surface area contributed by atoms with Crippen LogP contribution in [0.2, 0.25) is 0 Å². The molecule has 0 saturated carbocycles. The minimum Gasteiger partial charge on any atom is -0.341 e. The fraction of sp³-hybridized carbons (Fsp3) is 0.611. The average Bonchev–Trinajstić information content (AvgIpc) is 2.60. The number of rotatable bonds is 7. The summed E-state index contributed by atoms with van der Waals surface area (Å²) in [6.45, 7) is 1.92. The van der Waals surface area contributed by atoms with Gasteiger partial charge in [0.05, 0.1) is 12.5 Å². The molecule has 2 rings (SSSR count). The van der Waals surface area contributed by atoms with Crippen molar-refractivity contribution in [2.45, 2.75) is 25.4 Å². The Bertz CT molecular complexity index is 542. The molecule has 1 saturated heterocycles. The van der Waals surface area contributed by atoms with Gasteiger partial charge >= 0.3 is 6.18 Å². The number of nitrogens with two attached hydrogens (primary N) is 1. The van der Waals surface area contributed by atoms with E-state index in [2.05, 4.69) is 0 Å². The largest absolute Gasteiger partial charge is 0.393 e. The third kappa shape index (κ3) is 7.13. The van der Waals surface area contributed by atoms with Crippen molar-refractivity contribution in [1.29, 1.82) is 0 Å². The summed E-state index contributed by atoms with van der Waals surface area (Å²) in [5.41, 5.74) is 6.78. The van der Waals surface area contributed by atoms with Gasteiger partial charge in [-0.1, -0.05) is 30.3 Å². The molecule has 1 heterocycles. The summed E-state index contributed by atoms with van der Waals surface area (Å²) in [6.07, 6.45) is -2.95. The quantitative estimate of drug-likeness (QED) is 0.775. The van der Waals surface area contributed by atoms with Crippen LogP contribution >= 0.6 is 12.4 Å². The summed E-state index contributed by atoms with van der Waals surface area (Å²) in [5, 5.41) is 0. The van der Waals surface area contributed by atoms with Crippen LogP contribution < -0.4 is 5.73 Å². The van der Waals surface area contributed by atoms with Crippen LogP contribution in [-0.2, 0) is 11.2 Å². The van der Waals surface area contributed by atoms with E-state index in [4.69, 9.17) is 5.73 Å². The van der Waals surface area contributed by atoms with Gasteiger partial charge in [-0.2, -0.15) is 13.2 Å². The highest BCUT2D eigenvalue weighted by Gasteiger charge is 2.42. The van der Waals surface area contributed by atoms with E-state index in [-0.39, 0.29) is 37.8 Å². The molecule has 8 heteroatoms. The molecule has 4 nitrogen and oxygen atoms in total. The van der Waals surface area contributed by atoms with Gasteiger partial charge in [0, 0.05) is 32.7 Å². The number of halogens is 4. The number of amides is 1. The van der Waals surface area contributed by atoms with E-state index in [1.807, 2.05) is 35.2 Å². The summed E-state index contributed by atoms with van der Waals surface area (Å²) < 4.78 is 38.7. The normalized spacial score (nSPS) is 17.9. The number of carbonyl (C=O) groups excluding carboxylic acids is 1. The molecule has 148 valence electrons. The molecule has 1 aromatic rings. The van der Waals surface area contributed by atoms with Crippen molar-refractivity contribution in [2.75, 3.05) is 39.3 Å². The number of carbonyl (C=O) groups is 1. The first-order chi connectivity index (χ1) is 11.9. The Hall–Kier alpha value is -1.31. The predicted octanol–water partition coefficient (Wildman–Crippen LogP) is 2.71. The van der Waals surface area contributed by atoms with Gasteiger partial charge in [-0.3, -0.25) is 9.69 Å². The van der Waals surface area contributed by atoms with Crippen LogP contribution in [0, 0.1) is 5.92 Å². The van der Waals surface area contributed by atoms with Gasteiger partial charge in [0.2, 0.25) is 5.91 Å². The molecule has 0 bridgehead atoms. The van der Waals surface area contributed by atoms with Gasteiger partial charge in [-0.25, -0.2) is 0 Å². The lowest BCUT2D eigenvalue weighted by Gasteiger charge is -2.35. The molecule has 0 radical (unpaired) electrons. The molecule has 1 atom stereocenters. The molecule has 1 amide bonds. The second-order valence-corrected chi connectivity index (χ2v) is 6.52. The fourth-order valence-corrected chi connectivity index (χ4v) is 3.15. The molecule has 1 aromatic carbocycles. The first kappa shape index (κ1) is 22.7. The molecule has 1 aliphatic rings. The molecule has 2 N–H and O–H groups in total. The third-order valence-corrected chi connectivity index (χ3v) is 4.60. The molecule has 0 aliphatic carbocycles. The highest BCUT2D eigenvalue weighted by Crippen LogP contribution is 2.33. The Morgan fingerprint density at radius 1 is 1.23 bits per heavy atom. The van der Waals surface area contributed by atoms with Crippen molar-refractivity contribution in [1.82, 2.24) is 9.80 Å². The summed E-state index contributed by atoms with van der Waals surface area (Å²) in [7, 11) is 0. The Morgan fingerprint density at radius 2 is 1.92 bits per heavy atom. The van der Waals surface area contributed by atoms with E-state index in [0.717, 1.165) is 12.0 Å². The molecule has 26 heavy (non-hydrogen) atoms. The van der Waals surface area contributed by atoms with Crippen LogP contribution in [0.5, 0.6) is 0 Å². The summed E-state index contributed by atoms with van der Waals surface area (Å²) in [4.78, 5) is 15.7. The van der Waals surface area contributed by atoms with Crippen molar-refractivity contribution in [2.24, 2.45) is 11.7 Å². The maximum atomic E-state index is 12.9. The number of benzene rings is 1. The molecular formula is C18H27ClF3N3O. The van der Waals surface area contributed by atoms with Crippen LogP contribution in [0.3, 0.4) is 0 Å². The Morgan fingerprint density at radius 3 is 2.54 bits per heavy atom. The third-order valence-electron chi connectivity index (χ3n) is 4.60. The van der Waals surface area contributed by atoms with Gasteiger partial charge < -0.3 is 10.6 Å². The number of hydrogen-bond donors (Lipinski definition) is 1. The topological polar surface area (TPSA) is 49.6 Å². The molecule has 1 unspecified atom stereocenters. The molecule has 1 aliphatic heterocycles. The molecule has 0 spiro atoms. The number of likely N-dealkylation sites (tertiary alicyclic amines) is 1. The first-order valence-electron chi connectivity index (χ1n) is 8.71. The number of hydrogen-bond acceptors (Lipinski definition) is 3.